The second kappa shape index (κ2) is 49.4. The molecule has 0 heterocycles. The van der Waals surface area contributed by atoms with Crippen LogP contribution in [0.2, 0.25) is 0 Å². The van der Waals surface area contributed by atoms with E-state index in [9.17, 15) is 141 Å². The minimum absolute atomic E-state index is 0.347. The quantitative estimate of drug-likeness (QED) is 0.0269. The molecule has 18 amide bonds. The van der Waals surface area contributed by atoms with Gasteiger partial charge < -0.3 is 139 Å². The monoisotopic (exact) mass is 1620 g/mol. The third kappa shape index (κ3) is 38.1. The summed E-state index contributed by atoms with van der Waals surface area (Å²) in [6.45, 7) is 11.5. The molecule has 636 valence electrons. The van der Waals surface area contributed by atoms with E-state index in [-0.39, 0.29) is 6.42 Å². The number of carbonyl (C=O) groups excluding carboxylic acids is 18. The van der Waals surface area contributed by atoms with Gasteiger partial charge in [0, 0.05) is 19.3 Å². The Morgan fingerprint density at radius 3 is 0.885 bits per heavy atom. The number of hydrogen-bond acceptors (Lipinski definition) is 26. The van der Waals surface area contributed by atoms with Crippen molar-refractivity contribution in [2.24, 2.45) is 52.3 Å². The minimum Gasteiger partial charge on any atom is -0.481 e. The van der Waals surface area contributed by atoms with Crippen LogP contribution in [0.25, 0.3) is 0 Å². The molecule has 16 atom stereocenters. The van der Waals surface area contributed by atoms with Gasteiger partial charge in [-0.15, -0.1) is 0 Å². The Bertz CT molecular complexity index is 3460. The van der Waals surface area contributed by atoms with Crippen LogP contribution in [0.1, 0.15) is 140 Å². The molecule has 0 spiro atoms. The molecule has 0 aliphatic carbocycles. The van der Waals surface area contributed by atoms with Gasteiger partial charge in [-0.25, -0.2) is 4.79 Å². The fourth-order valence-electron chi connectivity index (χ4n) is 10.1. The number of nitrogens with two attached hydrogens (primary N) is 5. The van der Waals surface area contributed by atoms with Gasteiger partial charge in [-0.2, -0.15) is 0 Å². The molecular weight excluding hydrogens is 1510 g/mol. The van der Waals surface area contributed by atoms with Gasteiger partial charge in [-0.3, -0.25) is 101 Å². The van der Waals surface area contributed by atoms with Gasteiger partial charge in [0.25, 0.3) is 0 Å². The predicted molar refractivity (Wildman–Crippen MR) is 384 cm³/mol. The maximum Gasteiger partial charge on any atom is 0.328 e. The molecule has 48 nitrogen and oxygen atoms in total. The van der Waals surface area contributed by atoms with Crippen molar-refractivity contribution in [3.63, 3.8) is 0 Å². The molecule has 31 N–H and O–H groups in total. The molecule has 0 fully saturated rings. The largest absolute Gasteiger partial charge is 0.481 e. The normalized spacial score (nSPS) is 15.4. The zero-order chi connectivity index (χ0) is 87.3. The maximum atomic E-state index is 14.2. The van der Waals surface area contributed by atoms with Gasteiger partial charge in [0.2, 0.25) is 106 Å². The van der Waals surface area contributed by atoms with Crippen LogP contribution in [0.5, 0.6) is 0 Å². The molecule has 0 aromatic rings. The highest BCUT2D eigenvalue weighted by molar-refractivity contribution is 6.03. The summed E-state index contributed by atoms with van der Waals surface area (Å²) in [5.74, 6) is -32.3. The molecule has 48 heteroatoms. The first kappa shape index (κ1) is 101. The number of hydrogen-bond donors (Lipinski definition) is 26. The van der Waals surface area contributed by atoms with E-state index in [1.807, 2.05) is 10.6 Å². The third-order valence-electron chi connectivity index (χ3n) is 16.2. The second-order valence-electron chi connectivity index (χ2n) is 27.6. The van der Waals surface area contributed by atoms with Crippen LogP contribution in [-0.2, 0) is 105 Å². The molecule has 0 unspecified atom stereocenters. The first-order chi connectivity index (χ1) is 52.3. The van der Waals surface area contributed by atoms with E-state index in [2.05, 4.69) is 63.8 Å². The van der Waals surface area contributed by atoms with Crippen LogP contribution in [0.4, 0.5) is 0 Å². The van der Waals surface area contributed by atoms with Crippen molar-refractivity contribution in [3.05, 3.63) is 0 Å². The van der Waals surface area contributed by atoms with E-state index in [1.165, 1.54) is 55.4 Å². The number of rotatable bonds is 54. The SMILES string of the molecule is CC(C)C[C@H](NC(=O)[C@H](CCC(=O)O)NC(=O)[C@H](CC(=O)O)NC(=O)[C@@H](NC(=O)[C@@H](N)CO)C(C)C)C(=O)N[C@@H](CC(N)=O)C(=O)N[C@@H](CC(N)=O)C(=O)N[C@@H](CC(N)=O)C(=O)N[C@H](C(=O)N[C@@H](CCC(=O)O)C(=O)N[C@@H](C)C(=O)N[C@H](C(=O)N[C@@H](CO)C(=O)N[C@@H](CCC(N)=O)C(=O)N[C@H](C(=O)O)[C@@H](C)O)C(C)C)C(C)C. The minimum atomic E-state index is -2.20. The van der Waals surface area contributed by atoms with Crippen molar-refractivity contribution in [3.8, 4) is 0 Å². The van der Waals surface area contributed by atoms with Gasteiger partial charge >= 0.3 is 23.9 Å². The van der Waals surface area contributed by atoms with Gasteiger partial charge in [0.1, 0.15) is 84.6 Å². The lowest BCUT2D eigenvalue weighted by molar-refractivity contribution is -0.145. The fourth-order valence-corrected chi connectivity index (χ4v) is 10.1. The van der Waals surface area contributed by atoms with Gasteiger partial charge in [-0.05, 0) is 63.2 Å². The summed E-state index contributed by atoms with van der Waals surface area (Å²) in [4.78, 5) is 288. The first-order valence-corrected chi connectivity index (χ1v) is 35.2. The Kier molecular flexibility index (Phi) is 44.3. The molecule has 0 aromatic heterocycles. The Morgan fingerprint density at radius 2 is 0.558 bits per heavy atom. The third-order valence-corrected chi connectivity index (χ3v) is 16.2. The average molecular weight is 1620 g/mol. The molecule has 0 aromatic carbocycles. The van der Waals surface area contributed by atoms with Crippen molar-refractivity contribution < 1.29 is 141 Å². The zero-order valence-corrected chi connectivity index (χ0v) is 63.7. The molecule has 113 heavy (non-hydrogen) atoms. The number of aliphatic hydroxyl groups is 3. The Morgan fingerprint density at radius 1 is 0.283 bits per heavy atom. The highest BCUT2D eigenvalue weighted by atomic mass is 16.4. The van der Waals surface area contributed by atoms with E-state index in [0.717, 1.165) is 13.8 Å². The summed E-state index contributed by atoms with van der Waals surface area (Å²) >= 11 is 0. The Hall–Kier alpha value is -11.8. The van der Waals surface area contributed by atoms with Gasteiger partial charge in [-0.1, -0.05) is 55.4 Å². The topological polar surface area (TPSA) is 816 Å². The number of carboxylic acid groups (broad SMARTS) is 4. The second-order valence-corrected chi connectivity index (χ2v) is 27.6. The highest BCUT2D eigenvalue weighted by Crippen LogP contribution is 2.14. The first-order valence-electron chi connectivity index (χ1n) is 35.2. The van der Waals surface area contributed by atoms with Crippen molar-refractivity contribution in [2.45, 2.75) is 237 Å². The summed E-state index contributed by atoms with van der Waals surface area (Å²) in [5.41, 5.74) is 27.0. The van der Waals surface area contributed by atoms with Crippen LogP contribution in [-0.4, -0.2) is 276 Å². The lowest BCUT2D eigenvalue weighted by Crippen LogP contribution is -2.62. The van der Waals surface area contributed by atoms with Gasteiger partial charge in [0.05, 0.1) is 45.0 Å². The number of aliphatic carboxylic acids is 4. The van der Waals surface area contributed by atoms with Crippen LogP contribution < -0.4 is 103 Å². The number of carboxylic acids is 4. The maximum absolute atomic E-state index is 14.2. The van der Waals surface area contributed by atoms with Crippen molar-refractivity contribution in [2.75, 3.05) is 13.2 Å². The van der Waals surface area contributed by atoms with E-state index in [0.29, 0.717) is 0 Å². The zero-order valence-electron chi connectivity index (χ0n) is 63.7. The molecule has 0 aliphatic rings. The van der Waals surface area contributed by atoms with E-state index < -0.39 is 328 Å². The number of amides is 18. The van der Waals surface area contributed by atoms with Crippen molar-refractivity contribution in [1.82, 2.24) is 74.4 Å². The summed E-state index contributed by atoms with van der Waals surface area (Å²) in [5, 5.41) is 98.0. The molecule has 0 saturated heterocycles. The number of primary amides is 4. The summed E-state index contributed by atoms with van der Waals surface area (Å²) in [6, 6.07) is -27.7. The predicted octanol–water partition coefficient (Wildman–Crippen LogP) is -12.3. The summed E-state index contributed by atoms with van der Waals surface area (Å²) in [6.07, 6.45) is -10.8. The van der Waals surface area contributed by atoms with Crippen molar-refractivity contribution >= 4 is 130 Å². The molecular formula is C65H107N19O29. The number of nitrogens with one attached hydrogen (secondary N) is 14. The fraction of sp³-hybridized carbons (Fsp3) is 0.662. The van der Waals surface area contributed by atoms with Crippen LogP contribution >= 0.6 is 0 Å². The molecule has 0 radical (unpaired) electrons. The molecule has 0 aliphatic heterocycles. The molecule has 0 rings (SSSR count). The number of aliphatic hydroxyl groups excluding tert-OH is 3. The van der Waals surface area contributed by atoms with Crippen LogP contribution in [0.3, 0.4) is 0 Å². The van der Waals surface area contributed by atoms with Crippen molar-refractivity contribution in [1.29, 1.82) is 0 Å². The lowest BCUT2D eigenvalue weighted by atomic mass is 10.0. The Balaban J connectivity index is 6.97. The van der Waals surface area contributed by atoms with Crippen LogP contribution in [0.15, 0.2) is 0 Å². The number of carbonyl (C=O) groups is 22. The van der Waals surface area contributed by atoms with Gasteiger partial charge in [0.15, 0.2) is 6.04 Å². The summed E-state index contributed by atoms with van der Waals surface area (Å²) in [7, 11) is 0. The standard InChI is InChI=1S/C65H107N19O29/c1-24(2)17-34(75-54(101)33(13-16-45(94)95)72-59(106)38(21-46(96)97)79-63(110)48(26(5)6)82-52(99)30(66)22-85)56(103)76-35(18-41(68)89)57(104)77-36(19-42(69)90)58(105)78-37(20-43(70)91)60(107)83-49(27(7)8)62(109)74-32(12-15-44(92)93)53(100)71-28(9)51(98)81-47(25(3)4)64(111)80-39(23-86)61(108)73-31(11-14-40(67)88)55(102)84-50(29(10)87)65(112)113/h24-39,47-50,85-87H,11-23,66H2,1-10H3,(H2,67,88)(H2,68,89)(H2,69,90)(H2,70,91)(H,71,100)(H,72,106)(H,73,108)(H,74,109)(H,75,101)(H,76,103)(H,77,104)(H,78,105)(H,79,110)(H,80,111)(H,81,98)(H,82,99)(H,83,107)(H,84,102)(H,92,93)(H,94,95)(H,96,97)(H,112,113)/t28-,29+,30-,31-,32-,33-,34-,35-,36-,37-,38-,39-,47-,48-,49-,50-/m0/s1. The van der Waals surface area contributed by atoms with Crippen LogP contribution in [0, 0.1) is 23.7 Å². The van der Waals surface area contributed by atoms with E-state index >= 15 is 0 Å². The van der Waals surface area contributed by atoms with E-state index in [4.69, 9.17) is 28.7 Å². The molecule has 0 bridgehead atoms. The Labute approximate surface area is 646 Å². The van der Waals surface area contributed by atoms with E-state index in [1.54, 1.807) is 0 Å². The highest BCUT2D eigenvalue weighted by Gasteiger charge is 2.41. The smallest absolute Gasteiger partial charge is 0.328 e. The molecule has 0 saturated carbocycles. The summed E-state index contributed by atoms with van der Waals surface area (Å²) < 4.78 is 0. The average Bonchev–Trinajstić information content (AvgIpc) is 0.850. The lowest BCUT2D eigenvalue weighted by Gasteiger charge is -2.29.